The summed E-state index contributed by atoms with van der Waals surface area (Å²) < 4.78 is 5.70. The number of rotatable bonds is 5. The molecule has 4 heteroatoms. The van der Waals surface area contributed by atoms with Crippen LogP contribution in [0.25, 0.3) is 21.7 Å². The number of phenols is 1. The van der Waals surface area contributed by atoms with Crippen molar-refractivity contribution in [2.45, 2.75) is 59.7 Å². The number of benzene rings is 2. The van der Waals surface area contributed by atoms with Gasteiger partial charge >= 0.3 is 5.63 Å². The first-order valence-corrected chi connectivity index (χ1v) is 9.30. The third kappa shape index (κ3) is 3.10. The Bertz CT molecular complexity index is 994. The van der Waals surface area contributed by atoms with Crippen molar-refractivity contribution in [3.8, 4) is 5.75 Å². The summed E-state index contributed by atoms with van der Waals surface area (Å²) in [6.07, 6.45) is 0.714. The van der Waals surface area contributed by atoms with Crippen molar-refractivity contribution in [2.24, 2.45) is 0 Å². The van der Waals surface area contributed by atoms with Gasteiger partial charge in [-0.15, -0.1) is 0 Å². The van der Waals surface area contributed by atoms with Crippen LogP contribution in [0.2, 0.25) is 0 Å². The fourth-order valence-electron chi connectivity index (χ4n) is 3.69. The Morgan fingerprint density at radius 3 is 2.23 bits per heavy atom. The van der Waals surface area contributed by atoms with Crippen molar-refractivity contribution in [1.82, 2.24) is 4.90 Å². The monoisotopic (exact) mass is 353 g/mol. The molecule has 2 aromatic carbocycles. The molecule has 0 radical (unpaired) electrons. The van der Waals surface area contributed by atoms with Crippen LogP contribution < -0.4 is 5.63 Å². The molecule has 0 saturated heterocycles. The van der Waals surface area contributed by atoms with E-state index in [1.165, 1.54) is 0 Å². The quantitative estimate of drug-likeness (QED) is 0.527. The molecule has 1 aromatic heterocycles. The normalized spacial score (nSPS) is 12.2. The summed E-state index contributed by atoms with van der Waals surface area (Å²) in [5.41, 5.74) is 1.71. The fraction of sp³-hybridized carbons (Fsp3) is 0.409. The molecule has 4 nitrogen and oxygen atoms in total. The molecule has 0 unspecified atom stereocenters. The second-order valence-electron chi connectivity index (χ2n) is 7.39. The lowest BCUT2D eigenvalue weighted by atomic mass is 9.98. The van der Waals surface area contributed by atoms with E-state index in [0.29, 0.717) is 41.6 Å². The number of phenolic OH excluding ortho intramolecular Hbond substituents is 1. The van der Waals surface area contributed by atoms with E-state index < -0.39 is 0 Å². The second kappa shape index (κ2) is 7.12. The summed E-state index contributed by atoms with van der Waals surface area (Å²) >= 11 is 0. The van der Waals surface area contributed by atoms with Gasteiger partial charge in [0.05, 0.1) is 10.9 Å². The van der Waals surface area contributed by atoms with Crippen LogP contribution in [-0.2, 0) is 13.0 Å². The fourth-order valence-corrected chi connectivity index (χ4v) is 3.69. The standard InChI is InChI=1S/C22H27NO3/c1-6-15-11-18-16-9-7-8-10-17(16)22(25)26-21(18)19(20(15)24)12-23(13(2)3)14(4)5/h7-11,13-14,24H,6,12H2,1-5H3. The average Bonchev–Trinajstić information content (AvgIpc) is 2.60. The Balaban J connectivity index is 2.37. The van der Waals surface area contributed by atoms with Gasteiger partial charge in [0, 0.05) is 24.0 Å². The SMILES string of the molecule is CCc1cc2c(oc(=O)c3ccccc32)c(CN(C(C)C)C(C)C)c1O. The molecule has 3 aromatic rings. The van der Waals surface area contributed by atoms with E-state index >= 15 is 0 Å². The van der Waals surface area contributed by atoms with Crippen molar-refractivity contribution < 1.29 is 9.52 Å². The number of nitrogens with zero attached hydrogens (tertiary/aromatic N) is 1. The number of hydrogen-bond acceptors (Lipinski definition) is 4. The van der Waals surface area contributed by atoms with Gasteiger partial charge in [-0.05, 0) is 57.2 Å². The van der Waals surface area contributed by atoms with E-state index in [1.54, 1.807) is 6.07 Å². The summed E-state index contributed by atoms with van der Waals surface area (Å²) in [6, 6.07) is 10.1. The highest BCUT2D eigenvalue weighted by atomic mass is 16.4. The zero-order chi connectivity index (χ0) is 19.0. The molecule has 0 aliphatic heterocycles. The highest BCUT2D eigenvalue weighted by Gasteiger charge is 2.22. The van der Waals surface area contributed by atoms with Crippen LogP contribution in [0.4, 0.5) is 0 Å². The Labute approximate surface area is 154 Å². The zero-order valence-corrected chi connectivity index (χ0v) is 16.2. The minimum absolute atomic E-state index is 0.240. The van der Waals surface area contributed by atoms with Crippen molar-refractivity contribution in [1.29, 1.82) is 0 Å². The molecule has 0 aliphatic carbocycles. The number of fused-ring (bicyclic) bond motifs is 3. The largest absolute Gasteiger partial charge is 0.507 e. The third-order valence-corrected chi connectivity index (χ3v) is 5.11. The van der Waals surface area contributed by atoms with E-state index in [9.17, 15) is 9.90 Å². The van der Waals surface area contributed by atoms with Gasteiger partial charge < -0.3 is 9.52 Å². The van der Waals surface area contributed by atoms with E-state index in [0.717, 1.165) is 16.3 Å². The predicted octanol–water partition coefficient (Wildman–Crippen LogP) is 4.83. The van der Waals surface area contributed by atoms with Crippen LogP contribution in [0, 0.1) is 0 Å². The summed E-state index contributed by atoms with van der Waals surface area (Å²) in [5, 5.41) is 13.2. The second-order valence-corrected chi connectivity index (χ2v) is 7.39. The number of aryl methyl sites for hydroxylation is 1. The molecule has 0 saturated carbocycles. The maximum absolute atomic E-state index is 12.5. The average molecular weight is 353 g/mol. The van der Waals surface area contributed by atoms with Crippen LogP contribution in [0.1, 0.15) is 45.7 Å². The number of hydrogen-bond donors (Lipinski definition) is 1. The molecule has 0 spiro atoms. The van der Waals surface area contributed by atoms with E-state index in [4.69, 9.17) is 4.42 Å². The highest BCUT2D eigenvalue weighted by Crippen LogP contribution is 2.35. The summed E-state index contributed by atoms with van der Waals surface area (Å²) in [7, 11) is 0. The topological polar surface area (TPSA) is 53.7 Å². The summed E-state index contributed by atoms with van der Waals surface area (Å²) in [4.78, 5) is 14.8. The van der Waals surface area contributed by atoms with Crippen LogP contribution in [0.5, 0.6) is 5.75 Å². The maximum Gasteiger partial charge on any atom is 0.344 e. The molecule has 1 heterocycles. The Morgan fingerprint density at radius 2 is 1.65 bits per heavy atom. The first-order chi connectivity index (χ1) is 12.3. The molecular weight excluding hydrogens is 326 g/mol. The lowest BCUT2D eigenvalue weighted by molar-refractivity contribution is 0.164. The predicted molar refractivity (Wildman–Crippen MR) is 107 cm³/mol. The molecule has 0 aliphatic rings. The molecule has 0 fully saturated rings. The van der Waals surface area contributed by atoms with Gasteiger partial charge in [-0.3, -0.25) is 4.90 Å². The van der Waals surface area contributed by atoms with Gasteiger partial charge in [0.15, 0.2) is 0 Å². The van der Waals surface area contributed by atoms with Gasteiger partial charge in [-0.1, -0.05) is 25.1 Å². The summed E-state index contributed by atoms with van der Waals surface area (Å²) in [5.74, 6) is 0.240. The molecule has 3 rings (SSSR count). The van der Waals surface area contributed by atoms with Crippen LogP contribution in [-0.4, -0.2) is 22.1 Å². The minimum atomic E-state index is -0.362. The Morgan fingerprint density at radius 1 is 1.04 bits per heavy atom. The Kier molecular flexibility index (Phi) is 5.05. The first-order valence-electron chi connectivity index (χ1n) is 9.30. The Hall–Kier alpha value is -2.33. The third-order valence-electron chi connectivity index (χ3n) is 5.11. The van der Waals surface area contributed by atoms with Crippen LogP contribution in [0.15, 0.2) is 39.5 Å². The van der Waals surface area contributed by atoms with Gasteiger partial charge in [-0.25, -0.2) is 4.79 Å². The van der Waals surface area contributed by atoms with Gasteiger partial charge in [-0.2, -0.15) is 0 Å². The number of aromatic hydroxyl groups is 1. The van der Waals surface area contributed by atoms with Crippen molar-refractivity contribution in [3.63, 3.8) is 0 Å². The highest BCUT2D eigenvalue weighted by molar-refractivity contribution is 6.06. The van der Waals surface area contributed by atoms with Gasteiger partial charge in [0.2, 0.25) is 0 Å². The molecule has 138 valence electrons. The first kappa shape index (κ1) is 18.5. The minimum Gasteiger partial charge on any atom is -0.507 e. The van der Waals surface area contributed by atoms with Gasteiger partial charge in [0.25, 0.3) is 0 Å². The van der Waals surface area contributed by atoms with E-state index in [2.05, 4.69) is 32.6 Å². The molecular formula is C22H27NO3. The smallest absolute Gasteiger partial charge is 0.344 e. The summed E-state index contributed by atoms with van der Waals surface area (Å²) in [6.45, 7) is 11.1. The van der Waals surface area contributed by atoms with Crippen LogP contribution >= 0.6 is 0 Å². The lowest BCUT2D eigenvalue weighted by Gasteiger charge is -2.31. The molecule has 0 atom stereocenters. The van der Waals surface area contributed by atoms with Gasteiger partial charge in [0.1, 0.15) is 11.3 Å². The molecule has 0 bridgehead atoms. The van der Waals surface area contributed by atoms with Crippen molar-refractivity contribution in [3.05, 3.63) is 51.9 Å². The van der Waals surface area contributed by atoms with Crippen molar-refractivity contribution >= 4 is 21.7 Å². The lowest BCUT2D eigenvalue weighted by Crippen LogP contribution is -2.36. The zero-order valence-electron chi connectivity index (χ0n) is 16.2. The van der Waals surface area contributed by atoms with E-state index in [1.807, 2.05) is 31.2 Å². The maximum atomic E-state index is 12.5. The van der Waals surface area contributed by atoms with Crippen molar-refractivity contribution in [2.75, 3.05) is 0 Å². The molecule has 26 heavy (non-hydrogen) atoms. The van der Waals surface area contributed by atoms with E-state index in [-0.39, 0.29) is 11.4 Å². The molecule has 1 N–H and O–H groups in total. The molecule has 0 amide bonds. The van der Waals surface area contributed by atoms with Crippen LogP contribution in [0.3, 0.4) is 0 Å².